The van der Waals surface area contributed by atoms with Gasteiger partial charge in [0.25, 0.3) is 0 Å². The van der Waals surface area contributed by atoms with Gasteiger partial charge in [0, 0.05) is 9.99 Å². The van der Waals surface area contributed by atoms with Gasteiger partial charge in [-0.25, -0.2) is 0 Å². The van der Waals surface area contributed by atoms with Crippen molar-refractivity contribution >= 4 is 22.6 Å². The number of halogens is 4. The van der Waals surface area contributed by atoms with Crippen LogP contribution in [0.4, 0.5) is 13.2 Å². The van der Waals surface area contributed by atoms with E-state index in [0.717, 1.165) is 3.57 Å². The topological polar surface area (TPSA) is 9.23 Å². The van der Waals surface area contributed by atoms with Gasteiger partial charge in [-0.15, -0.1) is 0 Å². The molecule has 0 unspecified atom stereocenters. The first-order valence-corrected chi connectivity index (χ1v) is 5.50. The summed E-state index contributed by atoms with van der Waals surface area (Å²) in [6, 6.07) is 7.18. The highest BCUT2D eigenvalue weighted by Gasteiger charge is 2.25. The summed E-state index contributed by atoms with van der Waals surface area (Å²) in [6.45, 7) is 0.0973. The third-order valence-electron chi connectivity index (χ3n) is 1.69. The lowest BCUT2D eigenvalue weighted by molar-refractivity contribution is -0.136. The van der Waals surface area contributed by atoms with E-state index in [-0.39, 0.29) is 13.0 Å². The van der Waals surface area contributed by atoms with Gasteiger partial charge in [-0.05, 0) is 53.3 Å². The van der Waals surface area contributed by atoms with Gasteiger partial charge in [0.15, 0.2) is 0 Å². The second-order valence-electron chi connectivity index (χ2n) is 3.02. The molecule has 0 aliphatic carbocycles. The van der Waals surface area contributed by atoms with Crippen LogP contribution < -0.4 is 4.74 Å². The third kappa shape index (κ3) is 5.86. The standard InChI is InChI=1S/C10H10F3IO/c11-10(12,13)6-1-7-15-9-4-2-8(14)3-5-9/h2-5H,1,6-7H2. The summed E-state index contributed by atoms with van der Waals surface area (Å²) in [7, 11) is 0. The summed E-state index contributed by atoms with van der Waals surface area (Å²) in [5.41, 5.74) is 0. The van der Waals surface area contributed by atoms with E-state index in [4.69, 9.17) is 4.74 Å². The van der Waals surface area contributed by atoms with Gasteiger partial charge in [-0.1, -0.05) is 0 Å². The van der Waals surface area contributed by atoms with Crippen LogP contribution in [0.3, 0.4) is 0 Å². The van der Waals surface area contributed by atoms with E-state index >= 15 is 0 Å². The summed E-state index contributed by atoms with van der Waals surface area (Å²) in [5, 5.41) is 0. The second-order valence-corrected chi connectivity index (χ2v) is 4.27. The lowest BCUT2D eigenvalue weighted by Gasteiger charge is -2.07. The zero-order valence-electron chi connectivity index (χ0n) is 7.85. The minimum atomic E-state index is -4.09. The fourth-order valence-electron chi connectivity index (χ4n) is 0.993. The van der Waals surface area contributed by atoms with Crippen molar-refractivity contribution in [1.82, 2.24) is 0 Å². The van der Waals surface area contributed by atoms with Crippen LogP contribution in [-0.2, 0) is 0 Å². The average molecular weight is 330 g/mol. The number of rotatable bonds is 4. The first-order valence-electron chi connectivity index (χ1n) is 4.42. The van der Waals surface area contributed by atoms with Gasteiger partial charge < -0.3 is 4.74 Å². The Morgan fingerprint density at radius 3 is 2.27 bits per heavy atom. The smallest absolute Gasteiger partial charge is 0.389 e. The van der Waals surface area contributed by atoms with E-state index in [0.29, 0.717) is 5.75 Å². The molecule has 0 amide bonds. The van der Waals surface area contributed by atoms with Crippen molar-refractivity contribution in [3.05, 3.63) is 27.8 Å². The molecule has 0 radical (unpaired) electrons. The largest absolute Gasteiger partial charge is 0.494 e. The van der Waals surface area contributed by atoms with Crippen LogP contribution in [0.15, 0.2) is 24.3 Å². The molecular weight excluding hydrogens is 320 g/mol. The molecule has 84 valence electrons. The van der Waals surface area contributed by atoms with E-state index < -0.39 is 12.6 Å². The maximum Gasteiger partial charge on any atom is 0.389 e. The molecule has 0 bridgehead atoms. The van der Waals surface area contributed by atoms with Crippen LogP contribution in [0.1, 0.15) is 12.8 Å². The summed E-state index contributed by atoms with van der Waals surface area (Å²) < 4.78 is 41.6. The van der Waals surface area contributed by atoms with E-state index in [1.165, 1.54) is 0 Å². The molecule has 0 aliphatic rings. The Balaban J connectivity index is 2.23. The minimum absolute atomic E-state index is 0.00448. The maximum absolute atomic E-state index is 11.8. The van der Waals surface area contributed by atoms with Crippen molar-refractivity contribution in [2.24, 2.45) is 0 Å². The molecule has 0 saturated heterocycles. The molecule has 1 nitrogen and oxygen atoms in total. The molecule has 1 aromatic rings. The number of hydrogen-bond donors (Lipinski definition) is 0. The van der Waals surface area contributed by atoms with Crippen LogP contribution >= 0.6 is 22.6 Å². The highest BCUT2D eigenvalue weighted by Crippen LogP contribution is 2.21. The lowest BCUT2D eigenvalue weighted by Crippen LogP contribution is -2.09. The predicted octanol–water partition coefficient (Wildman–Crippen LogP) is 4.01. The zero-order valence-corrected chi connectivity index (χ0v) is 10.0. The first-order chi connectivity index (χ1) is 6.97. The van der Waals surface area contributed by atoms with Crippen molar-refractivity contribution in [3.8, 4) is 5.75 Å². The number of benzene rings is 1. The molecular formula is C10H10F3IO. The van der Waals surface area contributed by atoms with Crippen LogP contribution in [0.25, 0.3) is 0 Å². The van der Waals surface area contributed by atoms with E-state index in [9.17, 15) is 13.2 Å². The number of hydrogen-bond acceptors (Lipinski definition) is 1. The fraction of sp³-hybridized carbons (Fsp3) is 0.400. The molecule has 5 heteroatoms. The Kier molecular flexibility index (Phi) is 4.69. The van der Waals surface area contributed by atoms with Gasteiger partial charge in [-0.2, -0.15) is 13.2 Å². The molecule has 1 rings (SSSR count). The normalized spacial score (nSPS) is 11.5. The number of ether oxygens (including phenoxy) is 1. The monoisotopic (exact) mass is 330 g/mol. The molecule has 0 N–H and O–H groups in total. The van der Waals surface area contributed by atoms with Gasteiger partial charge in [0.05, 0.1) is 6.61 Å². The third-order valence-corrected chi connectivity index (χ3v) is 2.41. The highest BCUT2D eigenvalue weighted by atomic mass is 127. The Morgan fingerprint density at radius 2 is 1.73 bits per heavy atom. The van der Waals surface area contributed by atoms with Crippen LogP contribution in [0, 0.1) is 3.57 Å². The van der Waals surface area contributed by atoms with E-state index in [2.05, 4.69) is 22.6 Å². The van der Waals surface area contributed by atoms with Gasteiger partial charge in [-0.3, -0.25) is 0 Å². The van der Waals surface area contributed by atoms with Gasteiger partial charge in [0.2, 0.25) is 0 Å². The Bertz CT molecular complexity index is 295. The average Bonchev–Trinajstić information content (AvgIpc) is 2.14. The quantitative estimate of drug-likeness (QED) is 0.599. The molecule has 15 heavy (non-hydrogen) atoms. The molecule has 0 atom stereocenters. The number of alkyl halides is 3. The van der Waals surface area contributed by atoms with Crippen molar-refractivity contribution in [2.45, 2.75) is 19.0 Å². The minimum Gasteiger partial charge on any atom is -0.494 e. The maximum atomic E-state index is 11.8. The molecule has 0 saturated carbocycles. The zero-order chi connectivity index (χ0) is 11.3. The molecule has 0 aliphatic heterocycles. The van der Waals surface area contributed by atoms with Gasteiger partial charge >= 0.3 is 6.18 Å². The van der Waals surface area contributed by atoms with Crippen molar-refractivity contribution < 1.29 is 17.9 Å². The second kappa shape index (κ2) is 5.58. The highest BCUT2D eigenvalue weighted by molar-refractivity contribution is 14.1. The fourth-order valence-corrected chi connectivity index (χ4v) is 1.35. The van der Waals surface area contributed by atoms with E-state index in [1.807, 2.05) is 12.1 Å². The van der Waals surface area contributed by atoms with Crippen molar-refractivity contribution in [2.75, 3.05) is 6.61 Å². The van der Waals surface area contributed by atoms with Gasteiger partial charge in [0.1, 0.15) is 5.75 Å². The summed E-state index contributed by atoms with van der Waals surface area (Å²) in [4.78, 5) is 0. The lowest BCUT2D eigenvalue weighted by atomic mass is 10.3. The van der Waals surface area contributed by atoms with Crippen molar-refractivity contribution in [3.63, 3.8) is 0 Å². The summed E-state index contributed by atoms with van der Waals surface area (Å²) in [5.74, 6) is 0.609. The summed E-state index contributed by atoms with van der Waals surface area (Å²) >= 11 is 2.15. The van der Waals surface area contributed by atoms with E-state index in [1.54, 1.807) is 12.1 Å². The van der Waals surface area contributed by atoms with Crippen LogP contribution in [0.2, 0.25) is 0 Å². The SMILES string of the molecule is FC(F)(F)CCCOc1ccc(I)cc1. The first kappa shape index (κ1) is 12.6. The summed E-state index contributed by atoms with van der Waals surface area (Å²) in [6.07, 6.45) is -4.89. The molecule has 0 heterocycles. The molecule has 0 spiro atoms. The Labute approximate surface area is 99.8 Å². The Hall–Kier alpha value is -0.460. The molecule has 0 fully saturated rings. The van der Waals surface area contributed by atoms with Crippen molar-refractivity contribution in [1.29, 1.82) is 0 Å². The van der Waals surface area contributed by atoms with Crippen LogP contribution in [-0.4, -0.2) is 12.8 Å². The predicted molar refractivity (Wildman–Crippen MR) is 59.9 cm³/mol. The van der Waals surface area contributed by atoms with Crippen LogP contribution in [0.5, 0.6) is 5.75 Å². The molecule has 1 aromatic carbocycles. The molecule has 0 aromatic heterocycles. The Morgan fingerprint density at radius 1 is 1.13 bits per heavy atom.